The number of nitrogens with zero attached hydrogens (tertiary/aromatic N) is 4. The van der Waals surface area contributed by atoms with Gasteiger partial charge < -0.3 is 0 Å². The second-order valence-corrected chi connectivity index (χ2v) is 8.83. The van der Waals surface area contributed by atoms with Gasteiger partial charge in [-0.05, 0) is 25.1 Å². The zero-order chi connectivity index (χ0) is 15.6. The quantitative estimate of drug-likeness (QED) is 0.822. The summed E-state index contributed by atoms with van der Waals surface area (Å²) in [6.45, 7) is 6.31. The van der Waals surface area contributed by atoms with E-state index in [1.165, 1.54) is 11.3 Å². The highest BCUT2D eigenvalue weighted by Crippen LogP contribution is 2.25. The maximum Gasteiger partial charge on any atom is 0.252 e. The Labute approximate surface area is 135 Å². The molecule has 3 rings (SSSR count). The Morgan fingerprint density at radius 2 is 1.95 bits per heavy atom. The Bertz CT molecular complexity index is 701. The number of aromatic nitrogens is 2. The van der Waals surface area contributed by atoms with Gasteiger partial charge in [0.2, 0.25) is 0 Å². The first-order chi connectivity index (χ1) is 10.6. The first-order valence-electron chi connectivity index (χ1n) is 7.32. The molecule has 0 aliphatic carbocycles. The van der Waals surface area contributed by atoms with Gasteiger partial charge in [0.05, 0.1) is 6.54 Å². The summed E-state index contributed by atoms with van der Waals surface area (Å²) in [5.74, 6) is 0. The van der Waals surface area contributed by atoms with Crippen LogP contribution in [0.5, 0.6) is 0 Å². The zero-order valence-electron chi connectivity index (χ0n) is 12.6. The maximum absolute atomic E-state index is 12.6. The summed E-state index contributed by atoms with van der Waals surface area (Å²) in [6.07, 6.45) is 3.72. The van der Waals surface area contributed by atoms with Gasteiger partial charge >= 0.3 is 0 Å². The molecule has 1 fully saturated rings. The van der Waals surface area contributed by atoms with Crippen LogP contribution in [-0.4, -0.2) is 60.1 Å². The van der Waals surface area contributed by atoms with Gasteiger partial charge in [-0.15, -0.1) is 11.3 Å². The highest BCUT2D eigenvalue weighted by Gasteiger charge is 2.29. The first kappa shape index (κ1) is 15.7. The van der Waals surface area contributed by atoms with Crippen LogP contribution in [-0.2, 0) is 16.6 Å². The molecule has 3 heterocycles. The SMILES string of the molecule is Cc1ccc(S(=O)(=O)N2CCN(CCn3cccn3)CC2)s1. The minimum atomic E-state index is -3.32. The van der Waals surface area contributed by atoms with E-state index in [4.69, 9.17) is 0 Å². The number of piperazine rings is 1. The number of aryl methyl sites for hydroxylation is 1. The molecule has 2 aromatic rings. The highest BCUT2D eigenvalue weighted by atomic mass is 32.2. The zero-order valence-corrected chi connectivity index (χ0v) is 14.2. The molecule has 8 heteroatoms. The fourth-order valence-corrected chi connectivity index (χ4v) is 5.41. The summed E-state index contributed by atoms with van der Waals surface area (Å²) in [5.41, 5.74) is 0. The van der Waals surface area contributed by atoms with Crippen LogP contribution >= 0.6 is 11.3 Å². The standard InChI is InChI=1S/C14H20N4O2S2/c1-13-3-4-14(21-13)22(19,20)18-11-8-16(9-12-18)7-10-17-6-2-5-15-17/h2-6H,7-12H2,1H3. The van der Waals surface area contributed by atoms with E-state index in [0.29, 0.717) is 17.3 Å². The van der Waals surface area contributed by atoms with Gasteiger partial charge in [0, 0.05) is 50.0 Å². The molecule has 120 valence electrons. The Balaban J connectivity index is 1.55. The number of hydrogen-bond donors (Lipinski definition) is 0. The molecule has 0 atom stereocenters. The molecule has 0 aromatic carbocycles. The van der Waals surface area contributed by atoms with Crippen LogP contribution in [0, 0.1) is 6.92 Å². The first-order valence-corrected chi connectivity index (χ1v) is 9.58. The summed E-state index contributed by atoms with van der Waals surface area (Å²) in [4.78, 5) is 3.31. The van der Waals surface area contributed by atoms with Crippen molar-refractivity contribution in [2.45, 2.75) is 17.7 Å². The minimum Gasteiger partial charge on any atom is -0.299 e. The third-order valence-electron chi connectivity index (χ3n) is 3.85. The van der Waals surface area contributed by atoms with Crippen LogP contribution in [0.15, 0.2) is 34.8 Å². The van der Waals surface area contributed by atoms with E-state index in [2.05, 4.69) is 10.00 Å². The van der Waals surface area contributed by atoms with Crippen molar-refractivity contribution in [3.63, 3.8) is 0 Å². The molecule has 22 heavy (non-hydrogen) atoms. The van der Waals surface area contributed by atoms with Crippen LogP contribution in [0.25, 0.3) is 0 Å². The average Bonchev–Trinajstić information content (AvgIpc) is 3.17. The van der Waals surface area contributed by atoms with Crippen molar-refractivity contribution in [3.8, 4) is 0 Å². The largest absolute Gasteiger partial charge is 0.299 e. The van der Waals surface area contributed by atoms with E-state index in [-0.39, 0.29) is 0 Å². The monoisotopic (exact) mass is 340 g/mol. The Morgan fingerprint density at radius 3 is 2.55 bits per heavy atom. The predicted octanol–water partition coefficient (Wildman–Crippen LogP) is 1.26. The Morgan fingerprint density at radius 1 is 1.18 bits per heavy atom. The van der Waals surface area contributed by atoms with E-state index in [1.807, 2.05) is 29.9 Å². The van der Waals surface area contributed by atoms with Gasteiger partial charge in [-0.3, -0.25) is 9.58 Å². The molecule has 1 aliphatic rings. The summed E-state index contributed by atoms with van der Waals surface area (Å²) < 4.78 is 29.1. The second-order valence-electron chi connectivity index (χ2n) is 5.38. The second kappa shape index (κ2) is 6.49. The molecular formula is C14H20N4O2S2. The van der Waals surface area contributed by atoms with Crippen LogP contribution < -0.4 is 0 Å². The van der Waals surface area contributed by atoms with Crippen molar-refractivity contribution in [1.82, 2.24) is 19.0 Å². The lowest BCUT2D eigenvalue weighted by Gasteiger charge is -2.33. The predicted molar refractivity (Wildman–Crippen MR) is 86.5 cm³/mol. The van der Waals surface area contributed by atoms with Crippen LogP contribution in [0.2, 0.25) is 0 Å². The van der Waals surface area contributed by atoms with Crippen LogP contribution in [0.3, 0.4) is 0 Å². The Kier molecular flexibility index (Phi) is 4.62. The van der Waals surface area contributed by atoms with Gasteiger partial charge in [0.25, 0.3) is 10.0 Å². The lowest BCUT2D eigenvalue weighted by atomic mass is 10.3. The molecule has 6 nitrogen and oxygen atoms in total. The topological polar surface area (TPSA) is 58.4 Å². The molecule has 0 unspecified atom stereocenters. The van der Waals surface area contributed by atoms with E-state index in [1.54, 1.807) is 16.6 Å². The smallest absolute Gasteiger partial charge is 0.252 e. The van der Waals surface area contributed by atoms with Crippen molar-refractivity contribution < 1.29 is 8.42 Å². The molecule has 1 saturated heterocycles. The van der Waals surface area contributed by atoms with Crippen molar-refractivity contribution in [2.75, 3.05) is 32.7 Å². The maximum atomic E-state index is 12.6. The third-order valence-corrected chi connectivity index (χ3v) is 7.21. The van der Waals surface area contributed by atoms with Gasteiger partial charge in [0.15, 0.2) is 0 Å². The van der Waals surface area contributed by atoms with E-state index < -0.39 is 10.0 Å². The van der Waals surface area contributed by atoms with Gasteiger partial charge in [0.1, 0.15) is 4.21 Å². The number of hydrogen-bond acceptors (Lipinski definition) is 5. The van der Waals surface area contributed by atoms with E-state index in [0.717, 1.165) is 31.1 Å². The number of thiophene rings is 1. The van der Waals surface area contributed by atoms with Crippen LogP contribution in [0.4, 0.5) is 0 Å². The normalized spacial score (nSPS) is 17.9. The molecule has 0 N–H and O–H groups in total. The highest BCUT2D eigenvalue weighted by molar-refractivity contribution is 7.91. The third kappa shape index (κ3) is 3.40. The fourth-order valence-electron chi connectivity index (χ4n) is 2.55. The van der Waals surface area contributed by atoms with E-state index >= 15 is 0 Å². The number of sulfonamides is 1. The molecule has 0 saturated carbocycles. The Hall–Kier alpha value is -1.22. The minimum absolute atomic E-state index is 0.454. The van der Waals surface area contributed by atoms with Crippen molar-refractivity contribution >= 4 is 21.4 Å². The summed E-state index contributed by atoms with van der Waals surface area (Å²) in [6, 6.07) is 5.48. The molecule has 0 bridgehead atoms. The van der Waals surface area contributed by atoms with Crippen molar-refractivity contribution in [3.05, 3.63) is 35.5 Å². The van der Waals surface area contributed by atoms with Crippen molar-refractivity contribution in [2.24, 2.45) is 0 Å². The summed E-state index contributed by atoms with van der Waals surface area (Å²) in [7, 11) is -3.32. The average molecular weight is 340 g/mol. The lowest BCUT2D eigenvalue weighted by Crippen LogP contribution is -2.49. The van der Waals surface area contributed by atoms with Gasteiger partial charge in [-0.25, -0.2) is 8.42 Å². The summed E-state index contributed by atoms with van der Waals surface area (Å²) >= 11 is 1.34. The summed E-state index contributed by atoms with van der Waals surface area (Å²) in [5, 5.41) is 4.18. The van der Waals surface area contributed by atoms with Crippen LogP contribution in [0.1, 0.15) is 4.88 Å². The molecule has 0 amide bonds. The number of rotatable bonds is 5. The van der Waals surface area contributed by atoms with Gasteiger partial charge in [-0.2, -0.15) is 9.40 Å². The molecule has 0 radical (unpaired) electrons. The van der Waals surface area contributed by atoms with Gasteiger partial charge in [-0.1, -0.05) is 0 Å². The molecular weight excluding hydrogens is 320 g/mol. The fraction of sp³-hybridized carbons (Fsp3) is 0.500. The molecule has 1 aliphatic heterocycles. The van der Waals surface area contributed by atoms with E-state index in [9.17, 15) is 8.42 Å². The van der Waals surface area contributed by atoms with Crippen molar-refractivity contribution in [1.29, 1.82) is 0 Å². The lowest BCUT2D eigenvalue weighted by molar-refractivity contribution is 0.181. The molecule has 2 aromatic heterocycles. The molecule has 0 spiro atoms.